The molecule has 106 valence electrons. The molecule has 0 saturated heterocycles. The smallest absolute Gasteiger partial charge is 0.263 e. The fraction of sp³-hybridized carbons (Fsp3) is 0. The maximum atomic E-state index is 12.3. The maximum absolute atomic E-state index is 12.3. The first kappa shape index (κ1) is 15.7. The van der Waals surface area contributed by atoms with E-state index in [-0.39, 0.29) is 20.6 Å². The molecule has 2 aromatic rings. The van der Waals surface area contributed by atoms with Crippen LogP contribution in [0.2, 0.25) is 10.0 Å². The Balaban J connectivity index is 2.47. The summed E-state index contributed by atoms with van der Waals surface area (Å²) >= 11 is 13.8. The van der Waals surface area contributed by atoms with Crippen LogP contribution < -0.4 is 10.5 Å². The van der Waals surface area contributed by atoms with Gasteiger partial charge in [0.1, 0.15) is 4.90 Å². The van der Waals surface area contributed by atoms with Crippen LogP contribution in [0, 0.1) is 3.57 Å². The van der Waals surface area contributed by atoms with Crippen LogP contribution in [0.3, 0.4) is 0 Å². The predicted octanol–water partition coefficient (Wildman–Crippen LogP) is 3.98. The highest BCUT2D eigenvalue weighted by molar-refractivity contribution is 14.1. The van der Waals surface area contributed by atoms with Crippen LogP contribution in [-0.2, 0) is 10.0 Å². The molecule has 0 saturated carbocycles. The van der Waals surface area contributed by atoms with Crippen LogP contribution in [-0.4, -0.2) is 8.42 Å². The zero-order valence-electron chi connectivity index (χ0n) is 9.90. The van der Waals surface area contributed by atoms with E-state index in [4.69, 9.17) is 28.9 Å². The van der Waals surface area contributed by atoms with Gasteiger partial charge in [0, 0.05) is 3.57 Å². The lowest BCUT2D eigenvalue weighted by molar-refractivity contribution is 0.601. The lowest BCUT2D eigenvalue weighted by Gasteiger charge is -2.12. The first-order valence-electron chi connectivity index (χ1n) is 5.34. The monoisotopic (exact) mass is 442 g/mol. The van der Waals surface area contributed by atoms with Crippen LogP contribution >= 0.6 is 45.8 Å². The minimum atomic E-state index is -3.83. The topological polar surface area (TPSA) is 72.2 Å². The summed E-state index contributed by atoms with van der Waals surface area (Å²) in [6.45, 7) is 0. The van der Waals surface area contributed by atoms with Gasteiger partial charge >= 0.3 is 0 Å². The molecule has 8 heteroatoms. The minimum absolute atomic E-state index is 0.0407. The summed E-state index contributed by atoms with van der Waals surface area (Å²) in [5.74, 6) is 0. The third-order valence-electron chi connectivity index (χ3n) is 2.50. The van der Waals surface area contributed by atoms with Crippen molar-refractivity contribution < 1.29 is 8.42 Å². The molecule has 0 spiro atoms. The number of anilines is 2. The van der Waals surface area contributed by atoms with E-state index in [2.05, 4.69) is 4.72 Å². The third kappa shape index (κ3) is 3.13. The van der Waals surface area contributed by atoms with Crippen molar-refractivity contribution in [1.82, 2.24) is 0 Å². The lowest BCUT2D eigenvalue weighted by Crippen LogP contribution is -2.14. The Morgan fingerprint density at radius 3 is 2.40 bits per heavy atom. The van der Waals surface area contributed by atoms with Gasteiger partial charge in [0.15, 0.2) is 0 Å². The third-order valence-corrected chi connectivity index (χ3v) is 5.70. The summed E-state index contributed by atoms with van der Waals surface area (Å²) in [7, 11) is -3.83. The molecule has 4 nitrogen and oxygen atoms in total. The molecule has 0 radical (unpaired) electrons. The molecule has 0 bridgehead atoms. The number of nitrogens with one attached hydrogen (secondary N) is 1. The standard InChI is InChI=1S/C12H9Cl2IN2O2S/c13-7-5-6-10(11(14)12(7)16)20(18,19)17-9-4-2-1-3-8(9)15/h1-6,17H,16H2. The van der Waals surface area contributed by atoms with E-state index in [0.717, 1.165) is 3.57 Å². The molecule has 3 N–H and O–H groups in total. The van der Waals surface area contributed by atoms with E-state index in [1.165, 1.54) is 12.1 Å². The van der Waals surface area contributed by atoms with E-state index in [1.54, 1.807) is 18.2 Å². The molecular weight excluding hydrogens is 434 g/mol. The van der Waals surface area contributed by atoms with Crippen LogP contribution in [0.1, 0.15) is 0 Å². The van der Waals surface area contributed by atoms with E-state index < -0.39 is 10.0 Å². The van der Waals surface area contributed by atoms with Gasteiger partial charge in [0.25, 0.3) is 10.0 Å². The number of nitrogens with two attached hydrogens (primary N) is 1. The summed E-state index contributed by atoms with van der Waals surface area (Å²) in [5.41, 5.74) is 6.16. The highest BCUT2D eigenvalue weighted by Crippen LogP contribution is 2.34. The minimum Gasteiger partial charge on any atom is -0.396 e. The molecule has 0 aliphatic heterocycles. The first-order chi connectivity index (χ1) is 9.33. The van der Waals surface area contributed by atoms with Gasteiger partial charge in [-0.2, -0.15) is 0 Å². The van der Waals surface area contributed by atoms with Gasteiger partial charge in [-0.3, -0.25) is 4.72 Å². The van der Waals surface area contributed by atoms with Gasteiger partial charge in [-0.25, -0.2) is 8.42 Å². The Morgan fingerprint density at radius 1 is 1.10 bits per heavy atom. The predicted molar refractivity (Wildman–Crippen MR) is 90.8 cm³/mol. The highest BCUT2D eigenvalue weighted by Gasteiger charge is 2.21. The van der Waals surface area contributed by atoms with Crippen molar-refractivity contribution in [3.63, 3.8) is 0 Å². The lowest BCUT2D eigenvalue weighted by atomic mass is 10.3. The number of halogens is 3. The molecule has 0 aromatic heterocycles. The zero-order valence-corrected chi connectivity index (χ0v) is 14.4. The van der Waals surface area contributed by atoms with Gasteiger partial charge in [0.05, 0.1) is 21.4 Å². The van der Waals surface area contributed by atoms with E-state index >= 15 is 0 Å². The normalized spacial score (nSPS) is 11.3. The summed E-state index contributed by atoms with van der Waals surface area (Å²) < 4.78 is 27.9. The van der Waals surface area contributed by atoms with E-state index in [0.29, 0.717) is 5.69 Å². The van der Waals surface area contributed by atoms with Gasteiger partial charge in [-0.15, -0.1) is 0 Å². The maximum Gasteiger partial charge on any atom is 0.263 e. The molecule has 0 aliphatic rings. The number of nitrogen functional groups attached to an aromatic ring is 1. The van der Waals surface area contributed by atoms with Crippen molar-refractivity contribution in [3.8, 4) is 0 Å². The second-order valence-electron chi connectivity index (χ2n) is 3.86. The molecule has 0 fully saturated rings. The number of sulfonamides is 1. The van der Waals surface area contributed by atoms with Gasteiger partial charge < -0.3 is 5.73 Å². The Kier molecular flexibility index (Phi) is 4.68. The van der Waals surface area contributed by atoms with Crippen molar-refractivity contribution in [2.24, 2.45) is 0 Å². The van der Waals surface area contributed by atoms with Gasteiger partial charge in [-0.1, -0.05) is 35.3 Å². The van der Waals surface area contributed by atoms with E-state index in [9.17, 15) is 8.42 Å². The van der Waals surface area contributed by atoms with Gasteiger partial charge in [0.2, 0.25) is 0 Å². The second kappa shape index (κ2) is 5.97. The Labute approximate surface area is 140 Å². The van der Waals surface area contributed by atoms with Crippen molar-refractivity contribution >= 4 is 67.2 Å². The number of hydrogen-bond donors (Lipinski definition) is 2. The molecule has 2 rings (SSSR count). The van der Waals surface area contributed by atoms with Crippen molar-refractivity contribution in [2.45, 2.75) is 4.90 Å². The number of rotatable bonds is 3. The second-order valence-corrected chi connectivity index (χ2v) is 7.46. The fourth-order valence-corrected chi connectivity index (χ4v) is 4.05. The largest absolute Gasteiger partial charge is 0.396 e. The average molecular weight is 443 g/mol. The van der Waals surface area contributed by atoms with Crippen LogP contribution in [0.4, 0.5) is 11.4 Å². The number of para-hydroxylation sites is 1. The van der Waals surface area contributed by atoms with Crippen molar-refractivity contribution in [1.29, 1.82) is 0 Å². The first-order valence-corrected chi connectivity index (χ1v) is 8.65. The summed E-state index contributed by atoms with van der Waals surface area (Å²) in [5, 5.41) is 0.124. The van der Waals surface area contributed by atoms with Crippen LogP contribution in [0.15, 0.2) is 41.3 Å². The molecular formula is C12H9Cl2IN2O2S. The quantitative estimate of drug-likeness (QED) is 0.557. The molecule has 0 amide bonds. The van der Waals surface area contributed by atoms with Crippen LogP contribution in [0.5, 0.6) is 0 Å². The van der Waals surface area contributed by atoms with E-state index in [1.807, 2.05) is 28.7 Å². The summed E-state index contributed by atoms with van der Waals surface area (Å²) in [6.07, 6.45) is 0. The molecule has 0 heterocycles. The summed E-state index contributed by atoms with van der Waals surface area (Å²) in [6, 6.07) is 9.71. The molecule has 0 aliphatic carbocycles. The molecule has 0 unspecified atom stereocenters. The SMILES string of the molecule is Nc1c(Cl)ccc(S(=O)(=O)Nc2ccccc2I)c1Cl. The van der Waals surface area contributed by atoms with Crippen molar-refractivity contribution in [3.05, 3.63) is 50.0 Å². The Bertz CT molecular complexity index is 766. The highest BCUT2D eigenvalue weighted by atomic mass is 127. The zero-order chi connectivity index (χ0) is 14.9. The van der Waals surface area contributed by atoms with Crippen molar-refractivity contribution in [2.75, 3.05) is 10.5 Å². The Morgan fingerprint density at radius 2 is 1.75 bits per heavy atom. The molecule has 0 atom stereocenters. The number of hydrogen-bond acceptors (Lipinski definition) is 3. The Hall–Kier alpha value is -0.700. The fourth-order valence-electron chi connectivity index (χ4n) is 1.50. The van der Waals surface area contributed by atoms with Crippen LogP contribution in [0.25, 0.3) is 0 Å². The van der Waals surface area contributed by atoms with Gasteiger partial charge in [-0.05, 0) is 46.9 Å². The summed E-state index contributed by atoms with van der Waals surface area (Å²) in [4.78, 5) is -0.110. The number of benzene rings is 2. The molecule has 20 heavy (non-hydrogen) atoms. The average Bonchev–Trinajstić information content (AvgIpc) is 2.38. The molecule has 2 aromatic carbocycles.